The van der Waals surface area contributed by atoms with Crippen LogP contribution >= 0.6 is 0 Å². The summed E-state index contributed by atoms with van der Waals surface area (Å²) in [7, 11) is 0. The Kier molecular flexibility index (Phi) is 4.91. The third-order valence-electron chi connectivity index (χ3n) is 4.17. The van der Waals surface area contributed by atoms with Crippen LogP contribution in [0.2, 0.25) is 0 Å². The molecule has 1 saturated heterocycles. The molecule has 5 heteroatoms. The van der Waals surface area contributed by atoms with Crippen LogP contribution in [-0.4, -0.2) is 26.1 Å². The average molecular weight is 305 g/mol. The Morgan fingerprint density at radius 2 is 2.23 bits per heavy atom. The molecule has 2 aliphatic heterocycles. The van der Waals surface area contributed by atoms with Crippen LogP contribution in [0, 0.1) is 17.1 Å². The van der Waals surface area contributed by atoms with Gasteiger partial charge in [-0.2, -0.15) is 5.26 Å². The van der Waals surface area contributed by atoms with Crippen molar-refractivity contribution in [2.24, 2.45) is 0 Å². The van der Waals surface area contributed by atoms with E-state index in [9.17, 15) is 4.39 Å². The Labute approximate surface area is 129 Å². The van der Waals surface area contributed by atoms with Crippen LogP contribution < -0.4 is 4.74 Å². The van der Waals surface area contributed by atoms with Gasteiger partial charge in [0, 0.05) is 6.61 Å². The number of halogens is 1. The van der Waals surface area contributed by atoms with Crippen molar-refractivity contribution in [1.82, 2.24) is 0 Å². The summed E-state index contributed by atoms with van der Waals surface area (Å²) >= 11 is 0. The van der Waals surface area contributed by atoms with E-state index in [1.807, 2.05) is 6.07 Å². The Morgan fingerprint density at radius 1 is 1.32 bits per heavy atom. The fourth-order valence-electron chi connectivity index (χ4n) is 3.04. The van der Waals surface area contributed by atoms with Crippen molar-refractivity contribution in [2.75, 3.05) is 19.8 Å². The van der Waals surface area contributed by atoms with Gasteiger partial charge >= 0.3 is 0 Å². The standard InChI is InChI=1S/C17H20FNO3/c18-15-10-12(6-9-21-16-5-1-2-7-20-16)13-4-3-8-22-17(13)14(15)11-19/h10,16H,1-9H2. The summed E-state index contributed by atoms with van der Waals surface area (Å²) in [6.07, 6.45) is 5.31. The molecule has 0 spiro atoms. The van der Waals surface area contributed by atoms with E-state index in [4.69, 9.17) is 19.5 Å². The molecule has 22 heavy (non-hydrogen) atoms. The first-order valence-corrected chi connectivity index (χ1v) is 7.90. The van der Waals surface area contributed by atoms with Gasteiger partial charge in [-0.15, -0.1) is 0 Å². The molecule has 1 atom stereocenters. The molecule has 118 valence electrons. The lowest BCUT2D eigenvalue weighted by atomic mass is 9.95. The lowest BCUT2D eigenvalue weighted by Gasteiger charge is -2.24. The van der Waals surface area contributed by atoms with E-state index in [1.54, 1.807) is 0 Å². The van der Waals surface area contributed by atoms with Gasteiger partial charge in [0.15, 0.2) is 6.29 Å². The van der Waals surface area contributed by atoms with Gasteiger partial charge in [-0.25, -0.2) is 4.39 Å². The molecular formula is C17H20FNO3. The molecule has 0 aliphatic carbocycles. The molecule has 1 unspecified atom stereocenters. The van der Waals surface area contributed by atoms with Crippen LogP contribution in [0.5, 0.6) is 5.75 Å². The average Bonchev–Trinajstić information content (AvgIpc) is 2.56. The maximum absolute atomic E-state index is 14.1. The zero-order valence-electron chi connectivity index (χ0n) is 12.6. The quantitative estimate of drug-likeness (QED) is 0.857. The van der Waals surface area contributed by atoms with E-state index in [2.05, 4.69) is 0 Å². The van der Waals surface area contributed by atoms with Crippen molar-refractivity contribution < 1.29 is 18.6 Å². The predicted octanol–water partition coefficient (Wildman–Crippen LogP) is 3.11. The van der Waals surface area contributed by atoms with Crippen LogP contribution in [0.4, 0.5) is 4.39 Å². The van der Waals surface area contributed by atoms with Crippen molar-refractivity contribution in [2.45, 2.75) is 44.8 Å². The molecule has 0 saturated carbocycles. The van der Waals surface area contributed by atoms with Gasteiger partial charge in [-0.3, -0.25) is 0 Å². The van der Waals surface area contributed by atoms with Gasteiger partial charge in [0.25, 0.3) is 0 Å². The van der Waals surface area contributed by atoms with Crippen molar-refractivity contribution >= 4 is 0 Å². The highest BCUT2D eigenvalue weighted by molar-refractivity contribution is 5.53. The number of benzene rings is 1. The normalized spacial score (nSPS) is 20.8. The van der Waals surface area contributed by atoms with Crippen LogP contribution in [-0.2, 0) is 22.3 Å². The molecule has 1 aromatic carbocycles. The second-order valence-corrected chi connectivity index (χ2v) is 5.68. The molecule has 1 fully saturated rings. The molecule has 0 N–H and O–H groups in total. The van der Waals surface area contributed by atoms with E-state index in [1.165, 1.54) is 6.07 Å². The van der Waals surface area contributed by atoms with Crippen LogP contribution in [0.25, 0.3) is 0 Å². The summed E-state index contributed by atoms with van der Waals surface area (Å²) in [5, 5.41) is 9.10. The first-order valence-electron chi connectivity index (χ1n) is 7.90. The monoisotopic (exact) mass is 305 g/mol. The number of hydrogen-bond donors (Lipinski definition) is 0. The number of nitriles is 1. The van der Waals surface area contributed by atoms with Crippen molar-refractivity contribution in [1.29, 1.82) is 5.26 Å². The highest BCUT2D eigenvalue weighted by Crippen LogP contribution is 2.34. The minimum Gasteiger partial charge on any atom is -0.492 e. The van der Waals surface area contributed by atoms with Crippen LogP contribution in [0.1, 0.15) is 42.4 Å². The highest BCUT2D eigenvalue weighted by atomic mass is 19.1. The second-order valence-electron chi connectivity index (χ2n) is 5.68. The predicted molar refractivity (Wildman–Crippen MR) is 78.2 cm³/mol. The van der Waals surface area contributed by atoms with E-state index >= 15 is 0 Å². The number of hydrogen-bond acceptors (Lipinski definition) is 4. The lowest BCUT2D eigenvalue weighted by molar-refractivity contribution is -0.161. The first kappa shape index (κ1) is 15.3. The van der Waals surface area contributed by atoms with E-state index in [0.717, 1.165) is 49.8 Å². The number of ether oxygens (including phenoxy) is 3. The van der Waals surface area contributed by atoms with Gasteiger partial charge in [0.1, 0.15) is 23.2 Å². The summed E-state index contributed by atoms with van der Waals surface area (Å²) in [4.78, 5) is 0. The van der Waals surface area contributed by atoms with Crippen LogP contribution in [0.3, 0.4) is 0 Å². The van der Waals surface area contributed by atoms with Gasteiger partial charge in [-0.1, -0.05) is 0 Å². The van der Waals surface area contributed by atoms with Crippen molar-refractivity contribution in [3.63, 3.8) is 0 Å². The number of fused-ring (bicyclic) bond motifs is 1. The Bertz CT molecular complexity index is 576. The summed E-state index contributed by atoms with van der Waals surface area (Å²) < 4.78 is 30.8. The molecular weight excluding hydrogens is 285 g/mol. The molecule has 0 aromatic heterocycles. The largest absolute Gasteiger partial charge is 0.492 e. The molecule has 4 nitrogen and oxygen atoms in total. The minimum atomic E-state index is -0.507. The second kappa shape index (κ2) is 7.08. The highest BCUT2D eigenvalue weighted by Gasteiger charge is 2.22. The Morgan fingerprint density at radius 3 is 3.00 bits per heavy atom. The molecule has 2 heterocycles. The topological polar surface area (TPSA) is 51.5 Å². The maximum atomic E-state index is 14.1. The molecule has 0 radical (unpaired) electrons. The maximum Gasteiger partial charge on any atom is 0.157 e. The summed E-state index contributed by atoms with van der Waals surface area (Å²) in [5.41, 5.74) is 1.86. The lowest BCUT2D eigenvalue weighted by Crippen LogP contribution is -2.23. The Balaban J connectivity index is 1.70. The zero-order valence-corrected chi connectivity index (χ0v) is 12.6. The smallest absolute Gasteiger partial charge is 0.157 e. The van der Waals surface area contributed by atoms with Gasteiger partial charge in [-0.05, 0) is 55.7 Å². The van der Waals surface area contributed by atoms with Crippen molar-refractivity contribution in [3.8, 4) is 11.8 Å². The number of nitrogens with zero attached hydrogens (tertiary/aromatic N) is 1. The van der Waals surface area contributed by atoms with Gasteiger partial charge < -0.3 is 14.2 Å². The summed E-state index contributed by atoms with van der Waals surface area (Å²) in [5.74, 6) is -0.0790. The molecule has 0 amide bonds. The number of rotatable bonds is 4. The molecule has 2 aliphatic rings. The van der Waals surface area contributed by atoms with Gasteiger partial charge in [0.05, 0.1) is 13.2 Å². The molecule has 3 rings (SSSR count). The van der Waals surface area contributed by atoms with E-state index < -0.39 is 5.82 Å². The van der Waals surface area contributed by atoms with Crippen molar-refractivity contribution in [3.05, 3.63) is 28.6 Å². The minimum absolute atomic E-state index is 0.0231. The zero-order chi connectivity index (χ0) is 15.4. The Hall–Kier alpha value is -1.64. The SMILES string of the molecule is N#Cc1c(F)cc(CCOC2CCCCO2)c2c1OCCC2. The van der Waals surface area contributed by atoms with Crippen LogP contribution in [0.15, 0.2) is 6.07 Å². The van der Waals surface area contributed by atoms with Gasteiger partial charge in [0.2, 0.25) is 0 Å². The first-order chi connectivity index (χ1) is 10.8. The fourth-order valence-corrected chi connectivity index (χ4v) is 3.04. The van der Waals surface area contributed by atoms with E-state index in [0.29, 0.717) is 25.4 Å². The summed E-state index contributed by atoms with van der Waals surface area (Å²) in [6, 6.07) is 3.36. The molecule has 0 bridgehead atoms. The fraction of sp³-hybridized carbons (Fsp3) is 0.588. The van der Waals surface area contributed by atoms with E-state index in [-0.39, 0.29) is 11.9 Å². The third-order valence-corrected chi connectivity index (χ3v) is 4.17. The molecule has 1 aromatic rings. The summed E-state index contributed by atoms with van der Waals surface area (Å²) in [6.45, 7) is 1.78. The third kappa shape index (κ3) is 3.23.